The van der Waals surface area contributed by atoms with Crippen molar-refractivity contribution in [3.8, 4) is 22.3 Å². The molecule has 0 bridgehead atoms. The van der Waals surface area contributed by atoms with E-state index in [9.17, 15) is 22.0 Å². The van der Waals surface area contributed by atoms with Crippen molar-refractivity contribution in [2.24, 2.45) is 11.8 Å². The van der Waals surface area contributed by atoms with Gasteiger partial charge in [0.2, 0.25) is 0 Å². The van der Waals surface area contributed by atoms with E-state index in [0.29, 0.717) is 17.4 Å². The Morgan fingerprint density at radius 1 is 0.444 bits per heavy atom. The summed E-state index contributed by atoms with van der Waals surface area (Å²) in [6.07, 6.45) is 9.55. The van der Waals surface area contributed by atoms with Crippen molar-refractivity contribution in [3.63, 3.8) is 0 Å². The Kier molecular flexibility index (Phi) is 11.1. The van der Waals surface area contributed by atoms with Crippen molar-refractivity contribution in [2.75, 3.05) is 0 Å². The van der Waals surface area contributed by atoms with Gasteiger partial charge >= 0.3 is 0 Å². The molecule has 2 saturated carbocycles. The SMILES string of the molecule is CC1CCC(c2ccc(-c3cc(F)c(P)c(F)c3)c(F)c2)CC1.CC1CCC(c2ccc(-c3cc(F)c(P)c(F)c3)cc2)CC1. The van der Waals surface area contributed by atoms with Crippen molar-refractivity contribution < 1.29 is 22.0 Å². The van der Waals surface area contributed by atoms with Gasteiger partial charge in [0.05, 0.1) is 0 Å². The van der Waals surface area contributed by atoms with Gasteiger partial charge in [-0.1, -0.05) is 94.4 Å². The maximum absolute atomic E-state index is 14.5. The molecule has 0 saturated heterocycles. The second-order valence-electron chi connectivity index (χ2n) is 13.0. The summed E-state index contributed by atoms with van der Waals surface area (Å²) in [6.45, 7) is 4.57. The third-order valence-electron chi connectivity index (χ3n) is 9.68. The van der Waals surface area contributed by atoms with Crippen molar-refractivity contribution in [1.82, 2.24) is 0 Å². The molecule has 0 amide bonds. The first-order valence-electron chi connectivity index (χ1n) is 15.9. The lowest BCUT2D eigenvalue weighted by molar-refractivity contribution is 0.347. The quantitative estimate of drug-likeness (QED) is 0.152. The van der Waals surface area contributed by atoms with Gasteiger partial charge in [-0.3, -0.25) is 0 Å². The lowest BCUT2D eigenvalue weighted by atomic mass is 9.79. The fraction of sp³-hybridized carbons (Fsp3) is 0.368. The van der Waals surface area contributed by atoms with Crippen LogP contribution in [0, 0.1) is 40.9 Å². The number of hydrogen-bond acceptors (Lipinski definition) is 0. The van der Waals surface area contributed by atoms with E-state index in [-0.39, 0.29) is 21.7 Å². The average Bonchev–Trinajstić information content (AvgIpc) is 3.03. The van der Waals surface area contributed by atoms with Crippen LogP contribution in [0.5, 0.6) is 0 Å². The Labute approximate surface area is 268 Å². The van der Waals surface area contributed by atoms with Crippen LogP contribution in [0.4, 0.5) is 22.0 Å². The lowest BCUT2D eigenvalue weighted by Gasteiger charge is -2.26. The zero-order valence-corrected chi connectivity index (χ0v) is 28.2. The van der Waals surface area contributed by atoms with Crippen LogP contribution in [0.2, 0.25) is 0 Å². The summed E-state index contributed by atoms with van der Waals surface area (Å²) in [5, 5.41) is -0.126. The van der Waals surface area contributed by atoms with Crippen LogP contribution in [-0.2, 0) is 0 Å². The Balaban J connectivity index is 0.000000178. The molecule has 2 aliphatic rings. The second kappa shape index (κ2) is 14.9. The van der Waals surface area contributed by atoms with Crippen molar-refractivity contribution in [1.29, 1.82) is 0 Å². The molecule has 2 atom stereocenters. The van der Waals surface area contributed by atoms with E-state index in [1.54, 1.807) is 6.07 Å². The molecule has 0 nitrogen and oxygen atoms in total. The zero-order chi connectivity index (χ0) is 32.2. The lowest BCUT2D eigenvalue weighted by Crippen LogP contribution is -2.11. The van der Waals surface area contributed by atoms with Gasteiger partial charge in [0.1, 0.15) is 29.1 Å². The van der Waals surface area contributed by atoms with Crippen molar-refractivity contribution in [3.05, 3.63) is 107 Å². The van der Waals surface area contributed by atoms with Crippen molar-refractivity contribution >= 4 is 29.1 Å². The Bertz CT molecular complexity index is 1570. The summed E-state index contributed by atoms with van der Waals surface area (Å²) < 4.78 is 69.2. The standard InChI is InChI=1S/C19H20F3P.C19H21F2P/c1-11-2-4-12(5-3-11)13-6-7-15(16(20)8-13)14-9-17(21)19(23)18(22)10-14;1-12-2-4-13(5-3-12)14-6-8-15(9-7-14)16-10-17(20)19(22)18(21)11-16/h6-12H,2-5,23H2,1H3;6-13H,2-5,22H2,1H3. The molecule has 6 rings (SSSR count). The number of hydrogen-bond donors (Lipinski definition) is 0. The third kappa shape index (κ3) is 8.22. The van der Waals surface area contributed by atoms with Crippen LogP contribution < -0.4 is 10.6 Å². The minimum Gasteiger partial charge on any atom is -0.206 e. The predicted molar refractivity (Wildman–Crippen MR) is 183 cm³/mol. The first kappa shape index (κ1) is 33.7. The molecule has 0 N–H and O–H groups in total. The largest absolute Gasteiger partial charge is 0.206 e. The van der Waals surface area contributed by atoms with Gasteiger partial charge in [-0.2, -0.15) is 0 Å². The molecule has 2 fully saturated rings. The minimum atomic E-state index is -0.685. The predicted octanol–water partition coefficient (Wildman–Crippen LogP) is 11.0. The maximum Gasteiger partial charge on any atom is 0.133 e. The fourth-order valence-electron chi connectivity index (χ4n) is 6.64. The molecule has 7 heteroatoms. The van der Waals surface area contributed by atoms with Gasteiger partial charge in [0, 0.05) is 16.2 Å². The first-order valence-corrected chi connectivity index (χ1v) is 17.0. The molecule has 0 heterocycles. The van der Waals surface area contributed by atoms with Crippen LogP contribution in [0.1, 0.15) is 88.2 Å². The molecule has 0 spiro atoms. The number of rotatable bonds is 4. The van der Waals surface area contributed by atoms with Crippen LogP contribution >= 0.6 is 18.5 Å². The molecule has 45 heavy (non-hydrogen) atoms. The van der Waals surface area contributed by atoms with E-state index < -0.39 is 29.1 Å². The molecule has 2 unspecified atom stereocenters. The Morgan fingerprint density at radius 2 is 0.844 bits per heavy atom. The monoisotopic (exact) mass is 654 g/mol. The molecular formula is C38H41F5P2. The van der Waals surface area contributed by atoms with Gasteiger partial charge in [-0.25, -0.2) is 22.0 Å². The molecule has 0 radical (unpaired) electrons. The number of benzene rings is 4. The molecule has 238 valence electrons. The van der Waals surface area contributed by atoms with Gasteiger partial charge < -0.3 is 0 Å². The van der Waals surface area contributed by atoms with Gasteiger partial charge in [0.25, 0.3) is 0 Å². The highest BCUT2D eigenvalue weighted by atomic mass is 31.0. The summed E-state index contributed by atoms with van der Waals surface area (Å²) in [7, 11) is 4.12. The topological polar surface area (TPSA) is 0 Å². The third-order valence-corrected chi connectivity index (χ3v) is 10.8. The number of halogens is 5. The average molecular weight is 655 g/mol. The molecule has 0 aliphatic heterocycles. The van der Waals surface area contributed by atoms with Gasteiger partial charge in [-0.05, 0) is 108 Å². The fourth-order valence-corrected chi connectivity index (χ4v) is 6.98. The van der Waals surface area contributed by atoms with E-state index in [2.05, 4.69) is 35.2 Å². The van der Waals surface area contributed by atoms with Crippen LogP contribution in [0.3, 0.4) is 0 Å². The molecule has 4 aromatic carbocycles. The Hall–Kier alpha value is -2.61. The maximum atomic E-state index is 14.5. The molecule has 4 aromatic rings. The van der Waals surface area contributed by atoms with E-state index in [0.717, 1.165) is 35.8 Å². The summed E-state index contributed by atoms with van der Waals surface area (Å²) in [5.74, 6) is -0.235. The minimum absolute atomic E-state index is 0.00306. The van der Waals surface area contributed by atoms with Crippen LogP contribution in [0.15, 0.2) is 66.7 Å². The molecular weight excluding hydrogens is 613 g/mol. The second-order valence-corrected chi connectivity index (χ2v) is 14.1. The summed E-state index contributed by atoms with van der Waals surface area (Å²) in [6, 6.07) is 18.4. The van der Waals surface area contributed by atoms with E-state index in [4.69, 9.17) is 0 Å². The first-order chi connectivity index (χ1) is 21.5. The molecule has 2 aliphatic carbocycles. The van der Waals surface area contributed by atoms with Gasteiger partial charge in [-0.15, -0.1) is 0 Å². The van der Waals surface area contributed by atoms with E-state index >= 15 is 0 Å². The van der Waals surface area contributed by atoms with Crippen LogP contribution in [-0.4, -0.2) is 0 Å². The summed E-state index contributed by atoms with van der Waals surface area (Å²) in [4.78, 5) is 0. The van der Waals surface area contributed by atoms with E-state index in [1.807, 2.05) is 27.4 Å². The van der Waals surface area contributed by atoms with Crippen LogP contribution in [0.25, 0.3) is 22.3 Å². The van der Waals surface area contributed by atoms with Crippen molar-refractivity contribution in [2.45, 2.75) is 77.0 Å². The summed E-state index contributed by atoms with van der Waals surface area (Å²) >= 11 is 0. The highest BCUT2D eigenvalue weighted by Crippen LogP contribution is 2.38. The normalized spacial score (nSPS) is 21.6. The highest BCUT2D eigenvalue weighted by molar-refractivity contribution is 7.27. The molecule has 0 aromatic heterocycles. The smallest absolute Gasteiger partial charge is 0.133 e. The van der Waals surface area contributed by atoms with Gasteiger partial charge in [0.15, 0.2) is 0 Å². The highest BCUT2D eigenvalue weighted by Gasteiger charge is 2.22. The Morgan fingerprint density at radius 3 is 1.29 bits per heavy atom. The van der Waals surface area contributed by atoms with E-state index in [1.165, 1.54) is 74.4 Å². The zero-order valence-electron chi connectivity index (χ0n) is 25.9. The summed E-state index contributed by atoms with van der Waals surface area (Å²) in [5.41, 5.74) is 4.25.